The van der Waals surface area contributed by atoms with E-state index in [0.29, 0.717) is 22.8 Å². The predicted molar refractivity (Wildman–Crippen MR) is 97.0 cm³/mol. The molecular formula is C22H24O4. The molecule has 0 amide bonds. The van der Waals surface area contributed by atoms with Crippen molar-refractivity contribution in [3.05, 3.63) is 34.9 Å². The number of benzene rings is 1. The second kappa shape index (κ2) is 5.61. The zero-order valence-corrected chi connectivity index (χ0v) is 15.2. The van der Waals surface area contributed by atoms with Crippen LogP contribution in [0.1, 0.15) is 72.2 Å². The fraction of sp³-hybridized carbons (Fsp3) is 0.545. The molecule has 4 saturated carbocycles. The molecular weight excluding hydrogens is 328 g/mol. The fourth-order valence-corrected chi connectivity index (χ4v) is 6.47. The summed E-state index contributed by atoms with van der Waals surface area (Å²) in [5, 5.41) is 18.5. The Labute approximate surface area is 153 Å². The smallest absolute Gasteiger partial charge is 0.335 e. The molecule has 2 N–H and O–H groups in total. The highest BCUT2D eigenvalue weighted by Gasteiger charge is 2.58. The van der Waals surface area contributed by atoms with Gasteiger partial charge in [-0.1, -0.05) is 25.7 Å². The second-order valence-corrected chi connectivity index (χ2v) is 9.27. The Morgan fingerprint density at radius 3 is 2.23 bits per heavy atom. The van der Waals surface area contributed by atoms with E-state index in [1.54, 1.807) is 0 Å². The fourth-order valence-electron chi connectivity index (χ4n) is 6.47. The van der Waals surface area contributed by atoms with Gasteiger partial charge in [0.1, 0.15) is 0 Å². The van der Waals surface area contributed by atoms with Crippen LogP contribution in [0.5, 0.6) is 0 Å². The number of carboxylic acids is 2. The van der Waals surface area contributed by atoms with E-state index in [4.69, 9.17) is 0 Å². The van der Waals surface area contributed by atoms with Crippen molar-refractivity contribution in [3.63, 3.8) is 0 Å². The van der Waals surface area contributed by atoms with E-state index in [9.17, 15) is 19.8 Å². The van der Waals surface area contributed by atoms with Crippen molar-refractivity contribution in [2.24, 2.45) is 28.6 Å². The van der Waals surface area contributed by atoms with Crippen LogP contribution in [0.4, 0.5) is 0 Å². The third-order valence-corrected chi connectivity index (χ3v) is 6.78. The summed E-state index contributed by atoms with van der Waals surface area (Å²) in [6.07, 6.45) is 6.27. The summed E-state index contributed by atoms with van der Waals surface area (Å²) >= 11 is 0. The number of hydrogen-bond donors (Lipinski definition) is 2. The Morgan fingerprint density at radius 1 is 1.04 bits per heavy atom. The molecule has 0 aliphatic heterocycles. The molecule has 4 bridgehead atoms. The summed E-state index contributed by atoms with van der Waals surface area (Å²) in [4.78, 5) is 22.6. The minimum atomic E-state index is -1.13. The van der Waals surface area contributed by atoms with Crippen LogP contribution in [0.2, 0.25) is 0 Å². The van der Waals surface area contributed by atoms with Crippen molar-refractivity contribution >= 4 is 11.9 Å². The standard InChI is InChI=1S/C22H24O4/c1-21-9-14-7-17(11-21)18(22(2,10-14)12-21)4-3-13-5-15(19(23)24)8-16(6-13)20(25)26/h5-6,8,14,17-18H,7,9-12H2,1-2H3,(H,23,24)(H,25,26). The lowest BCUT2D eigenvalue weighted by molar-refractivity contribution is -0.120. The lowest BCUT2D eigenvalue weighted by Gasteiger charge is -2.63. The van der Waals surface area contributed by atoms with E-state index >= 15 is 0 Å². The quantitative estimate of drug-likeness (QED) is 0.779. The molecule has 0 spiro atoms. The van der Waals surface area contributed by atoms with Crippen LogP contribution in [0.15, 0.2) is 18.2 Å². The van der Waals surface area contributed by atoms with Crippen molar-refractivity contribution in [2.75, 3.05) is 0 Å². The van der Waals surface area contributed by atoms with Crippen LogP contribution >= 0.6 is 0 Å². The summed E-state index contributed by atoms with van der Waals surface area (Å²) < 4.78 is 0. The Kier molecular flexibility index (Phi) is 3.70. The topological polar surface area (TPSA) is 74.6 Å². The first-order valence-corrected chi connectivity index (χ1v) is 9.31. The molecule has 4 aliphatic rings. The molecule has 4 heteroatoms. The summed E-state index contributed by atoms with van der Waals surface area (Å²) in [5.41, 5.74) is 1.10. The van der Waals surface area contributed by atoms with Crippen LogP contribution in [0, 0.1) is 40.4 Å². The second-order valence-electron chi connectivity index (χ2n) is 9.27. The molecule has 1 aromatic carbocycles. The van der Waals surface area contributed by atoms with Crippen molar-refractivity contribution in [2.45, 2.75) is 46.0 Å². The summed E-state index contributed by atoms with van der Waals surface area (Å²) in [6, 6.07) is 4.13. The molecule has 0 radical (unpaired) electrons. The molecule has 136 valence electrons. The lowest BCUT2D eigenvalue weighted by atomic mass is 9.41. The first kappa shape index (κ1) is 17.1. The third kappa shape index (κ3) is 2.80. The molecule has 0 aromatic heterocycles. The predicted octanol–water partition coefficient (Wildman–Crippen LogP) is 4.29. The monoisotopic (exact) mass is 352 g/mol. The van der Waals surface area contributed by atoms with Gasteiger partial charge in [0.05, 0.1) is 11.1 Å². The Balaban J connectivity index is 1.68. The van der Waals surface area contributed by atoms with E-state index in [-0.39, 0.29) is 16.5 Å². The largest absolute Gasteiger partial charge is 0.478 e. The van der Waals surface area contributed by atoms with Crippen molar-refractivity contribution in [1.29, 1.82) is 0 Å². The molecule has 1 aromatic rings. The zero-order valence-electron chi connectivity index (χ0n) is 15.2. The van der Waals surface area contributed by atoms with Crippen molar-refractivity contribution in [1.82, 2.24) is 0 Å². The van der Waals surface area contributed by atoms with Gasteiger partial charge in [-0.3, -0.25) is 0 Å². The van der Waals surface area contributed by atoms with Gasteiger partial charge in [0, 0.05) is 11.5 Å². The summed E-state index contributed by atoms with van der Waals surface area (Å²) in [5.74, 6) is 6.04. The molecule has 5 atom stereocenters. The number of carbonyl (C=O) groups is 2. The van der Waals surface area contributed by atoms with E-state index < -0.39 is 11.9 Å². The lowest BCUT2D eigenvalue weighted by Crippen LogP contribution is -2.54. The number of rotatable bonds is 2. The van der Waals surface area contributed by atoms with Crippen molar-refractivity contribution < 1.29 is 19.8 Å². The van der Waals surface area contributed by atoms with Gasteiger partial charge < -0.3 is 10.2 Å². The minimum Gasteiger partial charge on any atom is -0.478 e. The highest BCUT2D eigenvalue weighted by molar-refractivity contribution is 5.94. The number of carboxylic acid groups (broad SMARTS) is 2. The van der Waals surface area contributed by atoms with Gasteiger partial charge in [0.15, 0.2) is 0 Å². The molecule has 0 saturated heterocycles. The molecule has 4 fully saturated rings. The molecule has 5 rings (SSSR count). The number of hydrogen-bond acceptors (Lipinski definition) is 2. The van der Waals surface area contributed by atoms with Crippen LogP contribution in [0.3, 0.4) is 0 Å². The Morgan fingerprint density at radius 2 is 1.69 bits per heavy atom. The third-order valence-electron chi connectivity index (χ3n) is 6.78. The van der Waals surface area contributed by atoms with Gasteiger partial charge in [-0.05, 0) is 73.0 Å². The first-order valence-electron chi connectivity index (χ1n) is 9.31. The van der Waals surface area contributed by atoms with E-state index in [0.717, 1.165) is 5.92 Å². The maximum atomic E-state index is 11.3. The Bertz CT molecular complexity index is 828. The average Bonchev–Trinajstić information content (AvgIpc) is 2.51. The summed E-state index contributed by atoms with van der Waals surface area (Å²) in [6.45, 7) is 4.78. The highest BCUT2D eigenvalue weighted by atomic mass is 16.4. The van der Waals surface area contributed by atoms with Crippen LogP contribution < -0.4 is 0 Å². The SMILES string of the molecule is CC12CC3CC(C1)C(C#Cc1cc(C(=O)O)cc(C(=O)O)c1)C(C)(C3)C2. The first-order chi connectivity index (χ1) is 12.2. The molecule has 0 heterocycles. The highest BCUT2D eigenvalue weighted by Crippen LogP contribution is 2.67. The maximum Gasteiger partial charge on any atom is 0.335 e. The van der Waals surface area contributed by atoms with E-state index in [1.165, 1.54) is 50.3 Å². The van der Waals surface area contributed by atoms with Gasteiger partial charge in [-0.2, -0.15) is 0 Å². The Hall–Kier alpha value is -2.28. The van der Waals surface area contributed by atoms with Gasteiger partial charge in [-0.15, -0.1) is 0 Å². The summed E-state index contributed by atoms with van der Waals surface area (Å²) in [7, 11) is 0. The van der Waals surface area contributed by atoms with Gasteiger partial charge >= 0.3 is 11.9 Å². The van der Waals surface area contributed by atoms with Crippen LogP contribution in [-0.4, -0.2) is 22.2 Å². The van der Waals surface area contributed by atoms with Crippen molar-refractivity contribution in [3.8, 4) is 11.8 Å². The average molecular weight is 352 g/mol. The van der Waals surface area contributed by atoms with Crippen LogP contribution in [0.25, 0.3) is 0 Å². The maximum absolute atomic E-state index is 11.3. The molecule has 4 nitrogen and oxygen atoms in total. The normalized spacial score (nSPS) is 37.1. The van der Waals surface area contributed by atoms with Gasteiger partial charge in [-0.25, -0.2) is 9.59 Å². The molecule has 4 aliphatic carbocycles. The van der Waals surface area contributed by atoms with Gasteiger partial charge in [0.25, 0.3) is 0 Å². The number of aromatic carboxylic acids is 2. The minimum absolute atomic E-state index is 0.0296. The molecule has 5 unspecified atom stereocenters. The molecule has 26 heavy (non-hydrogen) atoms. The van der Waals surface area contributed by atoms with E-state index in [2.05, 4.69) is 25.7 Å². The zero-order chi connectivity index (χ0) is 18.7. The van der Waals surface area contributed by atoms with E-state index in [1.807, 2.05) is 0 Å². The van der Waals surface area contributed by atoms with Gasteiger partial charge in [0.2, 0.25) is 0 Å². The van der Waals surface area contributed by atoms with Crippen LogP contribution in [-0.2, 0) is 0 Å².